The SMILES string of the molecule is O=C(c1cccnc1)N1CCC(N2CCCCC2n2c(=O)[nH]c3cccnc32)CC1. The minimum absolute atomic E-state index is 0.0143. The standard InChI is InChI=1S/C22H26N6O2/c29-21(16-5-3-10-23-15-16)26-13-8-17(9-14-26)27-12-2-1-7-19(27)28-20-18(25-22(28)30)6-4-11-24-20/h3-6,10-11,15,17,19H,1-2,7-9,12-14H2,(H,25,30). The molecule has 0 spiro atoms. The van der Waals surface area contributed by atoms with E-state index < -0.39 is 0 Å². The molecule has 3 aromatic heterocycles. The highest BCUT2D eigenvalue weighted by Gasteiger charge is 2.35. The number of hydrogen-bond acceptors (Lipinski definition) is 5. The van der Waals surface area contributed by atoms with E-state index in [1.54, 1.807) is 24.7 Å². The van der Waals surface area contributed by atoms with Crippen LogP contribution < -0.4 is 5.69 Å². The molecular formula is C22H26N6O2. The molecule has 0 aliphatic carbocycles. The molecule has 1 N–H and O–H groups in total. The molecule has 2 aliphatic heterocycles. The fourth-order valence-corrected chi connectivity index (χ4v) is 4.95. The van der Waals surface area contributed by atoms with E-state index in [1.165, 1.54) is 0 Å². The molecule has 0 radical (unpaired) electrons. The quantitative estimate of drug-likeness (QED) is 0.722. The zero-order valence-electron chi connectivity index (χ0n) is 16.9. The smallest absolute Gasteiger partial charge is 0.329 e. The Morgan fingerprint density at radius 1 is 1.03 bits per heavy atom. The topological polar surface area (TPSA) is 87.1 Å². The van der Waals surface area contributed by atoms with Crippen LogP contribution in [0.3, 0.4) is 0 Å². The predicted molar refractivity (Wildman–Crippen MR) is 113 cm³/mol. The lowest BCUT2D eigenvalue weighted by Gasteiger charge is -2.44. The van der Waals surface area contributed by atoms with E-state index in [1.807, 2.05) is 27.7 Å². The summed E-state index contributed by atoms with van der Waals surface area (Å²) in [6.07, 6.45) is 10.1. The Morgan fingerprint density at radius 2 is 1.87 bits per heavy atom. The van der Waals surface area contributed by atoms with Gasteiger partial charge in [0.15, 0.2) is 5.65 Å². The number of carbonyl (C=O) groups is 1. The van der Waals surface area contributed by atoms with Gasteiger partial charge in [0.2, 0.25) is 0 Å². The summed E-state index contributed by atoms with van der Waals surface area (Å²) in [5.74, 6) is 0.0498. The first-order valence-electron chi connectivity index (χ1n) is 10.7. The van der Waals surface area contributed by atoms with Crippen molar-refractivity contribution in [3.63, 3.8) is 0 Å². The third kappa shape index (κ3) is 3.41. The number of nitrogens with zero attached hydrogens (tertiary/aromatic N) is 5. The summed E-state index contributed by atoms with van der Waals surface area (Å²) >= 11 is 0. The van der Waals surface area contributed by atoms with Gasteiger partial charge in [-0.3, -0.25) is 19.2 Å². The minimum Gasteiger partial charge on any atom is -0.338 e. The molecule has 3 aromatic rings. The van der Waals surface area contributed by atoms with E-state index in [2.05, 4.69) is 19.9 Å². The molecule has 2 saturated heterocycles. The van der Waals surface area contributed by atoms with Crippen LogP contribution in [0, 0.1) is 0 Å². The summed E-state index contributed by atoms with van der Waals surface area (Å²) in [4.78, 5) is 41.4. The highest BCUT2D eigenvalue weighted by Crippen LogP contribution is 2.32. The van der Waals surface area contributed by atoms with Crippen molar-refractivity contribution in [3.05, 3.63) is 58.9 Å². The van der Waals surface area contributed by atoms with Crippen LogP contribution in [0.1, 0.15) is 48.6 Å². The van der Waals surface area contributed by atoms with Crippen LogP contribution in [0.2, 0.25) is 0 Å². The van der Waals surface area contributed by atoms with Crippen LogP contribution in [-0.2, 0) is 0 Å². The highest BCUT2D eigenvalue weighted by molar-refractivity contribution is 5.93. The summed E-state index contributed by atoms with van der Waals surface area (Å²) in [6.45, 7) is 2.42. The predicted octanol–water partition coefficient (Wildman–Crippen LogP) is 2.41. The maximum absolute atomic E-state index is 12.7. The largest absolute Gasteiger partial charge is 0.338 e. The molecule has 5 rings (SSSR count). The zero-order valence-corrected chi connectivity index (χ0v) is 16.9. The summed E-state index contributed by atoms with van der Waals surface area (Å²) in [6, 6.07) is 7.71. The molecule has 1 amide bonds. The molecule has 156 valence electrons. The maximum Gasteiger partial charge on any atom is 0.329 e. The molecule has 0 aromatic carbocycles. The van der Waals surface area contributed by atoms with Crippen molar-refractivity contribution in [2.75, 3.05) is 19.6 Å². The van der Waals surface area contributed by atoms with Gasteiger partial charge in [0, 0.05) is 44.3 Å². The third-order valence-corrected chi connectivity index (χ3v) is 6.41. The number of aromatic nitrogens is 4. The van der Waals surface area contributed by atoms with Crippen molar-refractivity contribution >= 4 is 17.1 Å². The fraction of sp³-hybridized carbons (Fsp3) is 0.455. The van der Waals surface area contributed by atoms with E-state index in [0.717, 1.165) is 62.9 Å². The van der Waals surface area contributed by atoms with Gasteiger partial charge < -0.3 is 9.88 Å². The molecule has 1 atom stereocenters. The molecule has 30 heavy (non-hydrogen) atoms. The van der Waals surface area contributed by atoms with Crippen molar-refractivity contribution in [3.8, 4) is 0 Å². The van der Waals surface area contributed by atoms with E-state index >= 15 is 0 Å². The molecule has 5 heterocycles. The van der Waals surface area contributed by atoms with Gasteiger partial charge in [0.25, 0.3) is 5.91 Å². The number of nitrogens with one attached hydrogen (secondary N) is 1. The van der Waals surface area contributed by atoms with Crippen LogP contribution in [0.25, 0.3) is 11.2 Å². The Kier molecular flexibility index (Phi) is 5.08. The summed E-state index contributed by atoms with van der Waals surface area (Å²) in [7, 11) is 0. The number of pyridine rings is 2. The second-order valence-corrected chi connectivity index (χ2v) is 8.15. The van der Waals surface area contributed by atoms with Crippen LogP contribution in [0.15, 0.2) is 47.7 Å². The Balaban J connectivity index is 1.34. The molecular weight excluding hydrogens is 380 g/mol. The Morgan fingerprint density at radius 3 is 2.67 bits per heavy atom. The number of rotatable bonds is 3. The molecule has 8 nitrogen and oxygen atoms in total. The molecule has 0 bridgehead atoms. The molecule has 8 heteroatoms. The molecule has 2 fully saturated rings. The first-order chi connectivity index (χ1) is 14.7. The molecule has 1 unspecified atom stereocenters. The Labute approximate surface area is 174 Å². The van der Waals surface area contributed by atoms with E-state index in [9.17, 15) is 9.59 Å². The Hall–Kier alpha value is -3.00. The van der Waals surface area contributed by atoms with Crippen LogP contribution in [0.4, 0.5) is 0 Å². The summed E-state index contributed by atoms with van der Waals surface area (Å²) in [5.41, 5.74) is 2.06. The number of amides is 1. The average Bonchev–Trinajstić information content (AvgIpc) is 3.15. The number of carbonyl (C=O) groups excluding carboxylic acids is 1. The van der Waals surface area contributed by atoms with Crippen molar-refractivity contribution in [2.45, 2.75) is 44.3 Å². The van der Waals surface area contributed by atoms with Crippen LogP contribution in [-0.4, -0.2) is 60.9 Å². The van der Waals surface area contributed by atoms with Gasteiger partial charge in [0.1, 0.15) is 0 Å². The van der Waals surface area contributed by atoms with E-state index in [4.69, 9.17) is 0 Å². The van der Waals surface area contributed by atoms with Gasteiger partial charge in [-0.05, 0) is 56.4 Å². The van der Waals surface area contributed by atoms with Crippen molar-refractivity contribution < 1.29 is 4.79 Å². The molecule has 0 saturated carbocycles. The first-order valence-corrected chi connectivity index (χ1v) is 10.7. The van der Waals surface area contributed by atoms with Gasteiger partial charge in [-0.1, -0.05) is 0 Å². The van der Waals surface area contributed by atoms with Crippen molar-refractivity contribution in [1.29, 1.82) is 0 Å². The van der Waals surface area contributed by atoms with Crippen LogP contribution >= 0.6 is 0 Å². The average molecular weight is 406 g/mol. The second-order valence-electron chi connectivity index (χ2n) is 8.15. The summed E-state index contributed by atoms with van der Waals surface area (Å²) in [5, 5.41) is 0. The monoisotopic (exact) mass is 406 g/mol. The van der Waals surface area contributed by atoms with Gasteiger partial charge in [0.05, 0.1) is 17.2 Å². The third-order valence-electron chi connectivity index (χ3n) is 6.41. The number of fused-ring (bicyclic) bond motifs is 1. The lowest BCUT2D eigenvalue weighted by atomic mass is 9.97. The lowest BCUT2D eigenvalue weighted by molar-refractivity contribution is 0.0179. The number of piperidine rings is 2. The second kappa shape index (κ2) is 8.02. The van der Waals surface area contributed by atoms with Gasteiger partial charge in [-0.2, -0.15) is 0 Å². The first kappa shape index (κ1) is 19.0. The van der Waals surface area contributed by atoms with Crippen molar-refractivity contribution in [1.82, 2.24) is 29.3 Å². The lowest BCUT2D eigenvalue weighted by Crippen LogP contribution is -2.51. The van der Waals surface area contributed by atoms with Gasteiger partial charge in [-0.15, -0.1) is 0 Å². The molecule has 2 aliphatic rings. The van der Waals surface area contributed by atoms with E-state index in [-0.39, 0.29) is 17.8 Å². The number of likely N-dealkylation sites (tertiary alicyclic amines) is 2. The highest BCUT2D eigenvalue weighted by atomic mass is 16.2. The summed E-state index contributed by atoms with van der Waals surface area (Å²) < 4.78 is 1.83. The van der Waals surface area contributed by atoms with Crippen molar-refractivity contribution in [2.24, 2.45) is 0 Å². The van der Waals surface area contributed by atoms with Gasteiger partial charge in [-0.25, -0.2) is 9.78 Å². The fourth-order valence-electron chi connectivity index (χ4n) is 4.95. The zero-order chi connectivity index (χ0) is 20.5. The number of hydrogen-bond donors (Lipinski definition) is 1. The van der Waals surface area contributed by atoms with Gasteiger partial charge >= 0.3 is 5.69 Å². The number of H-pyrrole nitrogens is 1. The maximum atomic E-state index is 12.7. The van der Waals surface area contributed by atoms with E-state index in [0.29, 0.717) is 11.6 Å². The van der Waals surface area contributed by atoms with Crippen LogP contribution in [0.5, 0.6) is 0 Å². The number of imidazole rings is 1. The normalized spacial score (nSPS) is 21.2. The Bertz CT molecular complexity index is 1080. The minimum atomic E-state index is -0.0928. The number of aromatic amines is 1.